The summed E-state index contributed by atoms with van der Waals surface area (Å²) in [4.78, 5) is 5.05. The zero-order chi connectivity index (χ0) is 23.4. The summed E-state index contributed by atoms with van der Waals surface area (Å²) in [5, 5.41) is 11.1. The van der Waals surface area contributed by atoms with Gasteiger partial charge in [0, 0.05) is 15.6 Å². The summed E-state index contributed by atoms with van der Waals surface area (Å²) in [7, 11) is 1.53. The highest BCUT2D eigenvalue weighted by atomic mass is 35.5. The molecular weight excluding hydrogens is 519 g/mol. The minimum atomic E-state index is 0.193. The number of methoxy groups -OCH3 is 1. The van der Waals surface area contributed by atoms with Crippen LogP contribution in [0.1, 0.15) is 11.1 Å². The van der Waals surface area contributed by atoms with Crippen LogP contribution in [0.25, 0.3) is 16.3 Å². The topological polar surface area (TPSA) is 55.1 Å². The molecule has 4 nitrogen and oxygen atoms in total. The third kappa shape index (κ3) is 5.75. The van der Waals surface area contributed by atoms with Gasteiger partial charge in [-0.1, -0.05) is 53.0 Å². The fourth-order valence-electron chi connectivity index (χ4n) is 2.98. The maximum absolute atomic E-state index is 9.66. The number of thiazole rings is 1. The Hall–Kier alpha value is -2.40. The minimum absolute atomic E-state index is 0.193. The molecule has 4 aromatic rings. The van der Waals surface area contributed by atoms with Crippen LogP contribution >= 0.6 is 57.9 Å². The van der Waals surface area contributed by atoms with Crippen molar-refractivity contribution in [2.45, 2.75) is 10.9 Å². The fraction of sp³-hybridized carbons (Fsp3) is 0.0833. The van der Waals surface area contributed by atoms with Crippen molar-refractivity contribution in [2.75, 3.05) is 7.11 Å². The van der Waals surface area contributed by atoms with Crippen molar-refractivity contribution in [1.82, 2.24) is 4.98 Å². The molecule has 0 aliphatic rings. The van der Waals surface area contributed by atoms with Gasteiger partial charge in [0.15, 0.2) is 15.8 Å². The molecule has 4 rings (SSSR count). The van der Waals surface area contributed by atoms with Crippen LogP contribution in [0, 0.1) is 11.3 Å². The molecule has 166 valence electrons. The van der Waals surface area contributed by atoms with Crippen LogP contribution < -0.4 is 9.47 Å². The number of nitriles is 1. The van der Waals surface area contributed by atoms with Gasteiger partial charge in [0.05, 0.1) is 27.3 Å². The van der Waals surface area contributed by atoms with E-state index in [0.717, 1.165) is 20.1 Å². The average molecular weight is 534 g/mol. The van der Waals surface area contributed by atoms with Crippen LogP contribution in [0.2, 0.25) is 15.1 Å². The van der Waals surface area contributed by atoms with E-state index in [9.17, 15) is 5.26 Å². The number of hydrogen-bond donors (Lipinski definition) is 0. The summed E-state index contributed by atoms with van der Waals surface area (Å²) in [5.41, 5.74) is 2.38. The number of hydrogen-bond acceptors (Lipinski definition) is 6. The first-order valence-electron chi connectivity index (χ1n) is 9.56. The maximum atomic E-state index is 9.66. The number of fused-ring (bicyclic) bond motifs is 1. The molecule has 0 fully saturated rings. The molecule has 0 saturated carbocycles. The Labute approximate surface area is 214 Å². The molecule has 3 aromatic carbocycles. The number of allylic oxidation sites excluding steroid dienone is 1. The Morgan fingerprint density at radius 1 is 1.12 bits per heavy atom. The van der Waals surface area contributed by atoms with Gasteiger partial charge in [-0.25, -0.2) is 4.98 Å². The molecule has 0 aliphatic heterocycles. The highest BCUT2D eigenvalue weighted by Crippen LogP contribution is 2.39. The predicted octanol–water partition coefficient (Wildman–Crippen LogP) is 8.50. The minimum Gasteiger partial charge on any atom is -0.493 e. The van der Waals surface area contributed by atoms with Crippen molar-refractivity contribution >= 4 is 74.2 Å². The molecule has 9 heteroatoms. The van der Waals surface area contributed by atoms with Crippen molar-refractivity contribution in [3.8, 4) is 17.6 Å². The van der Waals surface area contributed by atoms with E-state index < -0.39 is 0 Å². The summed E-state index contributed by atoms with van der Waals surface area (Å²) in [5.74, 6) is 0.834. The number of para-hydroxylation sites is 1. The number of nitrogens with zero attached hydrogens (tertiary/aromatic N) is 2. The van der Waals surface area contributed by atoms with Crippen LogP contribution in [0.15, 0.2) is 63.8 Å². The summed E-state index contributed by atoms with van der Waals surface area (Å²) in [6.45, 7) is 0.193. The molecule has 0 bridgehead atoms. The van der Waals surface area contributed by atoms with E-state index >= 15 is 0 Å². The third-order valence-corrected chi connectivity index (χ3v) is 7.41. The van der Waals surface area contributed by atoms with Crippen molar-refractivity contribution < 1.29 is 9.47 Å². The van der Waals surface area contributed by atoms with Crippen molar-refractivity contribution in [3.63, 3.8) is 0 Å². The average Bonchev–Trinajstić information content (AvgIpc) is 3.21. The van der Waals surface area contributed by atoms with Crippen LogP contribution in [0.4, 0.5) is 0 Å². The van der Waals surface area contributed by atoms with Gasteiger partial charge < -0.3 is 9.47 Å². The fourth-order valence-corrected chi connectivity index (χ4v) is 5.69. The van der Waals surface area contributed by atoms with Crippen LogP contribution in [-0.2, 0) is 6.61 Å². The van der Waals surface area contributed by atoms with Crippen LogP contribution in [0.3, 0.4) is 0 Å². The standard InChI is InChI=1S/C24H15Cl3N2O2S2/c1-30-21-10-14(8-17(12-28)32-24-29-20-4-2-3-5-22(20)33-24)9-19(27)23(21)31-13-15-6-7-16(25)11-18(15)26/h2-11H,13H2,1H3/b17-8+. The molecule has 0 N–H and O–H groups in total. The first kappa shape index (κ1) is 23.7. The molecular formula is C24H15Cl3N2O2S2. The Bertz CT molecular complexity index is 1360. The van der Waals surface area contributed by atoms with Crippen LogP contribution in [0.5, 0.6) is 11.5 Å². The molecule has 33 heavy (non-hydrogen) atoms. The SMILES string of the molecule is COc1cc(/C=C(\C#N)Sc2nc3ccccc3s2)cc(Cl)c1OCc1ccc(Cl)cc1Cl. The van der Waals surface area contributed by atoms with Gasteiger partial charge in [0.2, 0.25) is 0 Å². The predicted molar refractivity (Wildman–Crippen MR) is 138 cm³/mol. The number of aromatic nitrogens is 1. The molecule has 0 spiro atoms. The Morgan fingerprint density at radius 3 is 2.67 bits per heavy atom. The zero-order valence-electron chi connectivity index (χ0n) is 17.1. The highest BCUT2D eigenvalue weighted by Gasteiger charge is 2.14. The van der Waals surface area contributed by atoms with Gasteiger partial charge in [0.25, 0.3) is 0 Å². The number of rotatable bonds is 7. The van der Waals surface area contributed by atoms with E-state index in [2.05, 4.69) is 11.1 Å². The third-order valence-electron chi connectivity index (χ3n) is 4.52. The second-order valence-electron chi connectivity index (χ2n) is 6.73. The monoisotopic (exact) mass is 532 g/mol. The van der Waals surface area contributed by atoms with Gasteiger partial charge in [-0.3, -0.25) is 0 Å². The largest absolute Gasteiger partial charge is 0.493 e. The van der Waals surface area contributed by atoms with Crippen molar-refractivity contribution in [1.29, 1.82) is 5.26 Å². The highest BCUT2D eigenvalue weighted by molar-refractivity contribution is 8.05. The Balaban J connectivity index is 1.56. The van der Waals surface area contributed by atoms with E-state index in [1.165, 1.54) is 18.9 Å². The normalized spacial score (nSPS) is 11.4. The first-order valence-corrected chi connectivity index (χ1v) is 12.3. The van der Waals surface area contributed by atoms with Crippen LogP contribution in [-0.4, -0.2) is 12.1 Å². The lowest BCUT2D eigenvalue weighted by molar-refractivity contribution is 0.285. The van der Waals surface area contributed by atoms with E-state index in [-0.39, 0.29) is 6.61 Å². The summed E-state index contributed by atoms with van der Waals surface area (Å²) in [6.07, 6.45) is 1.74. The van der Waals surface area contributed by atoms with Crippen molar-refractivity contribution in [3.05, 3.63) is 85.7 Å². The number of ether oxygens (including phenoxy) is 2. The maximum Gasteiger partial charge on any atom is 0.180 e. The Morgan fingerprint density at radius 2 is 1.94 bits per heavy atom. The first-order chi connectivity index (χ1) is 16.0. The summed E-state index contributed by atoms with van der Waals surface area (Å²) < 4.78 is 13.2. The number of halogens is 3. The smallest absolute Gasteiger partial charge is 0.180 e. The van der Waals surface area contributed by atoms with E-state index in [4.69, 9.17) is 44.3 Å². The lowest BCUT2D eigenvalue weighted by atomic mass is 10.2. The molecule has 0 atom stereocenters. The lowest BCUT2D eigenvalue weighted by Crippen LogP contribution is -1.99. The molecule has 0 amide bonds. The van der Waals surface area contributed by atoms with Gasteiger partial charge in [-0.2, -0.15) is 5.26 Å². The zero-order valence-corrected chi connectivity index (χ0v) is 21.0. The molecule has 1 heterocycles. The van der Waals surface area contributed by atoms with E-state index in [1.54, 1.807) is 47.7 Å². The summed E-state index contributed by atoms with van der Waals surface area (Å²) in [6, 6.07) is 18.8. The molecule has 0 unspecified atom stereocenters. The van der Waals surface area contributed by atoms with Gasteiger partial charge in [0.1, 0.15) is 12.7 Å². The Kier molecular flexibility index (Phi) is 7.69. The van der Waals surface area contributed by atoms with Crippen molar-refractivity contribution in [2.24, 2.45) is 0 Å². The molecule has 1 aromatic heterocycles. The van der Waals surface area contributed by atoms with Gasteiger partial charge in [-0.05, 0) is 59.8 Å². The molecule has 0 aliphatic carbocycles. The summed E-state index contributed by atoms with van der Waals surface area (Å²) >= 11 is 21.5. The second-order valence-corrected chi connectivity index (χ2v) is 10.3. The quantitative estimate of drug-likeness (QED) is 0.176. The van der Waals surface area contributed by atoms with E-state index in [1.807, 2.05) is 24.3 Å². The van der Waals surface area contributed by atoms with E-state index in [0.29, 0.717) is 37.0 Å². The molecule has 0 saturated heterocycles. The van der Waals surface area contributed by atoms with Gasteiger partial charge in [-0.15, -0.1) is 11.3 Å². The number of thioether (sulfide) groups is 1. The van der Waals surface area contributed by atoms with Gasteiger partial charge >= 0.3 is 0 Å². The second kappa shape index (κ2) is 10.7. The lowest BCUT2D eigenvalue weighted by Gasteiger charge is -2.14. The number of benzene rings is 3. The molecule has 0 radical (unpaired) electrons.